The molecule has 3 atom stereocenters. The topological polar surface area (TPSA) is 129 Å². The first-order valence-corrected chi connectivity index (χ1v) is 13.6. The van der Waals surface area contributed by atoms with Crippen LogP contribution in [0.5, 0.6) is 11.5 Å². The van der Waals surface area contributed by atoms with Gasteiger partial charge in [-0.15, -0.1) is 0 Å². The van der Waals surface area contributed by atoms with Crippen molar-refractivity contribution in [1.82, 2.24) is 20.4 Å². The average Bonchev–Trinajstić information content (AvgIpc) is 3.63. The summed E-state index contributed by atoms with van der Waals surface area (Å²) in [5.41, 5.74) is 2.34. The number of hydrogen-bond acceptors (Lipinski definition) is 6. The van der Waals surface area contributed by atoms with Crippen LogP contribution < -0.4 is 20.1 Å². The second kappa shape index (κ2) is 13.5. The predicted octanol–water partition coefficient (Wildman–Crippen LogP) is 5.22. The van der Waals surface area contributed by atoms with Gasteiger partial charge >= 0.3 is 18.2 Å². The maximum Gasteiger partial charge on any atom is 0.490 e. The Kier molecular flexibility index (Phi) is 9.97. The van der Waals surface area contributed by atoms with Crippen LogP contribution >= 0.6 is 0 Å². The van der Waals surface area contributed by atoms with Crippen molar-refractivity contribution < 1.29 is 46.1 Å². The third-order valence-electron chi connectivity index (χ3n) is 8.02. The molecular weight excluding hydrogens is 593 g/mol. The number of nitrogens with zero attached hydrogens (tertiary/aromatic N) is 2. The van der Waals surface area contributed by atoms with E-state index in [-0.39, 0.29) is 23.2 Å². The number of carbonyl (C=O) groups excluding carboxylic acids is 1. The van der Waals surface area contributed by atoms with Crippen LogP contribution in [0.4, 0.5) is 32.4 Å². The number of anilines is 1. The predicted molar refractivity (Wildman–Crippen MR) is 148 cm³/mol. The highest BCUT2D eigenvalue weighted by Gasteiger charge is 2.51. The number of hydrogen-bond donors (Lipinski definition) is 4. The van der Waals surface area contributed by atoms with Gasteiger partial charge in [-0.25, -0.2) is 18.4 Å². The van der Waals surface area contributed by atoms with Crippen molar-refractivity contribution in [3.8, 4) is 11.5 Å². The van der Waals surface area contributed by atoms with Crippen molar-refractivity contribution in [1.29, 1.82) is 0 Å². The first-order chi connectivity index (χ1) is 20.9. The molecule has 1 saturated carbocycles. The monoisotopic (exact) mass is 625 g/mol. The second-order valence-corrected chi connectivity index (χ2v) is 10.5. The summed E-state index contributed by atoms with van der Waals surface area (Å²) in [7, 11) is 3.27. The standard InChI is InChI=1S/C27H31F2N5O3.C2HF3O2/c1-36-23-6-3-17(13-24(23)37-2)27-9-7-19(32-26(35)31-18-4-5-21(28)22(29)14-18)15-25(27)34(12-10-27)16-20-8-11-30-33-20;3-2(4,5)1(6)7/h3-6,8,11,13-14,19,25H,7,9-10,12,15-16H2,1-2H3,(H,30,33)(H2,31,32,35);(H,6,7)/t19-,25+,27+;/m1./s1. The van der Waals surface area contributed by atoms with Crippen LogP contribution in [0, 0.1) is 11.6 Å². The number of aromatic amines is 1. The summed E-state index contributed by atoms with van der Waals surface area (Å²) in [6.45, 7) is 1.64. The Balaban J connectivity index is 0.000000566. The van der Waals surface area contributed by atoms with E-state index in [0.29, 0.717) is 11.5 Å². The molecule has 3 aromatic rings. The Hall–Kier alpha value is -4.40. The zero-order valence-electron chi connectivity index (χ0n) is 23.9. The van der Waals surface area contributed by atoms with E-state index in [1.54, 1.807) is 20.4 Å². The van der Waals surface area contributed by atoms with Gasteiger partial charge in [0, 0.05) is 47.7 Å². The molecule has 0 radical (unpaired) electrons. The van der Waals surface area contributed by atoms with E-state index in [1.165, 1.54) is 11.6 Å². The lowest BCUT2D eigenvalue weighted by atomic mass is 9.65. The zero-order chi connectivity index (χ0) is 32.1. The second-order valence-electron chi connectivity index (χ2n) is 10.5. The van der Waals surface area contributed by atoms with E-state index >= 15 is 0 Å². The highest BCUT2D eigenvalue weighted by atomic mass is 19.4. The Morgan fingerprint density at radius 3 is 2.41 bits per heavy atom. The van der Waals surface area contributed by atoms with Gasteiger partial charge in [-0.1, -0.05) is 6.07 Å². The van der Waals surface area contributed by atoms with Crippen LogP contribution in [0.25, 0.3) is 0 Å². The molecule has 2 fully saturated rings. The Bertz CT molecular complexity index is 1450. The molecule has 1 aliphatic heterocycles. The molecule has 1 saturated heterocycles. The minimum absolute atomic E-state index is 0.0778. The van der Waals surface area contributed by atoms with Gasteiger partial charge in [0.05, 0.1) is 14.2 Å². The Labute approximate surface area is 249 Å². The van der Waals surface area contributed by atoms with E-state index in [1.807, 2.05) is 12.1 Å². The number of rotatable bonds is 7. The first-order valence-electron chi connectivity index (χ1n) is 13.6. The normalized spacial score (nSPS) is 21.4. The van der Waals surface area contributed by atoms with Crippen molar-refractivity contribution in [2.24, 2.45) is 0 Å². The molecule has 238 valence electrons. The van der Waals surface area contributed by atoms with E-state index < -0.39 is 29.8 Å². The number of aromatic nitrogens is 2. The van der Waals surface area contributed by atoms with Crippen LogP contribution in [0.3, 0.4) is 0 Å². The quantitative estimate of drug-likeness (QED) is 0.265. The van der Waals surface area contributed by atoms with Gasteiger partial charge in [-0.05, 0) is 68.1 Å². The highest BCUT2D eigenvalue weighted by Crippen LogP contribution is 2.50. The molecule has 44 heavy (non-hydrogen) atoms. The van der Waals surface area contributed by atoms with E-state index in [4.69, 9.17) is 19.4 Å². The summed E-state index contributed by atoms with van der Waals surface area (Å²) in [6, 6.07) is 11.1. The first kappa shape index (κ1) is 32.5. The lowest BCUT2D eigenvalue weighted by Crippen LogP contribution is -2.52. The van der Waals surface area contributed by atoms with Gasteiger partial charge in [0.2, 0.25) is 0 Å². The third-order valence-corrected chi connectivity index (χ3v) is 8.02. The van der Waals surface area contributed by atoms with E-state index in [2.05, 4.69) is 37.9 Å². The number of H-pyrrole nitrogens is 1. The molecule has 10 nitrogen and oxygen atoms in total. The molecule has 2 heterocycles. The van der Waals surface area contributed by atoms with Crippen molar-refractivity contribution in [3.63, 3.8) is 0 Å². The van der Waals surface area contributed by atoms with Crippen molar-refractivity contribution >= 4 is 17.7 Å². The number of benzene rings is 2. The number of nitrogens with one attached hydrogen (secondary N) is 3. The minimum atomic E-state index is -5.08. The number of ether oxygens (including phenoxy) is 2. The lowest BCUT2D eigenvalue weighted by molar-refractivity contribution is -0.192. The van der Waals surface area contributed by atoms with E-state index in [9.17, 15) is 26.7 Å². The summed E-state index contributed by atoms with van der Waals surface area (Å²) < 4.78 is 69.6. The van der Waals surface area contributed by atoms with E-state index in [0.717, 1.165) is 56.6 Å². The number of aliphatic carboxylic acids is 1. The largest absolute Gasteiger partial charge is 0.493 e. The van der Waals surface area contributed by atoms with Gasteiger partial charge in [-0.3, -0.25) is 10.00 Å². The number of carboxylic acids is 1. The number of fused-ring (bicyclic) bond motifs is 1. The van der Waals surface area contributed by atoms with Crippen LogP contribution in [0.1, 0.15) is 36.9 Å². The lowest BCUT2D eigenvalue weighted by Gasteiger charge is -2.45. The zero-order valence-corrected chi connectivity index (χ0v) is 23.9. The molecule has 0 unspecified atom stereocenters. The summed E-state index contributed by atoms with van der Waals surface area (Å²) in [6.07, 6.45) is 0.0558. The molecule has 2 amide bonds. The molecule has 5 rings (SSSR count). The number of alkyl halides is 3. The highest BCUT2D eigenvalue weighted by molar-refractivity contribution is 5.89. The summed E-state index contributed by atoms with van der Waals surface area (Å²) in [4.78, 5) is 24.1. The SMILES string of the molecule is COc1ccc([C@@]23CC[C@@H](NC(=O)Nc4ccc(F)c(F)c4)C[C@@H]2N(Cc2ccn[nH]2)CC3)cc1OC.O=C(O)C(F)(F)F. The molecule has 0 spiro atoms. The molecule has 4 N–H and O–H groups in total. The number of methoxy groups -OCH3 is 2. The van der Waals surface area contributed by atoms with Crippen molar-refractivity contribution in [3.05, 3.63) is 71.6 Å². The van der Waals surface area contributed by atoms with Gasteiger partial charge in [0.1, 0.15) is 0 Å². The smallest absolute Gasteiger partial charge is 0.490 e. The summed E-state index contributed by atoms with van der Waals surface area (Å²) in [5.74, 6) is -3.33. The van der Waals surface area contributed by atoms with Crippen LogP contribution in [0.15, 0.2) is 48.7 Å². The molecule has 1 aliphatic carbocycles. The van der Waals surface area contributed by atoms with Gasteiger partial charge in [-0.2, -0.15) is 18.3 Å². The van der Waals surface area contributed by atoms with Gasteiger partial charge < -0.3 is 25.2 Å². The number of likely N-dealkylation sites (tertiary alicyclic amines) is 1. The summed E-state index contributed by atoms with van der Waals surface area (Å²) >= 11 is 0. The number of amides is 2. The van der Waals surface area contributed by atoms with Gasteiger partial charge in [0.15, 0.2) is 23.1 Å². The van der Waals surface area contributed by atoms with Crippen LogP contribution in [0.2, 0.25) is 0 Å². The van der Waals surface area contributed by atoms with Gasteiger partial charge in [0.25, 0.3) is 0 Å². The van der Waals surface area contributed by atoms with Crippen molar-refractivity contribution in [2.75, 3.05) is 26.1 Å². The maximum atomic E-state index is 13.6. The maximum absolute atomic E-state index is 13.6. The average molecular weight is 626 g/mol. The minimum Gasteiger partial charge on any atom is -0.493 e. The number of carboxylic acid groups (broad SMARTS) is 1. The fourth-order valence-corrected chi connectivity index (χ4v) is 5.97. The Morgan fingerprint density at radius 1 is 1.07 bits per heavy atom. The number of urea groups is 1. The number of carbonyl (C=O) groups is 2. The summed E-state index contributed by atoms with van der Waals surface area (Å²) in [5, 5.41) is 19.9. The number of halogens is 5. The third kappa shape index (κ3) is 7.38. The molecule has 15 heteroatoms. The van der Waals surface area contributed by atoms with Crippen molar-refractivity contribution in [2.45, 2.75) is 55.9 Å². The molecule has 1 aromatic heterocycles. The fourth-order valence-electron chi connectivity index (χ4n) is 5.97. The fraction of sp³-hybridized carbons (Fsp3) is 0.414. The molecule has 0 bridgehead atoms. The molecular formula is C29H32F5N5O5. The van der Waals surface area contributed by atoms with Crippen LogP contribution in [-0.4, -0.2) is 71.2 Å². The van der Waals surface area contributed by atoms with Crippen LogP contribution in [-0.2, 0) is 16.8 Å². The Morgan fingerprint density at radius 2 is 1.80 bits per heavy atom. The molecule has 2 aliphatic rings. The molecule has 2 aromatic carbocycles.